The highest BCUT2D eigenvalue weighted by Gasteiger charge is 2.08. The van der Waals surface area contributed by atoms with Gasteiger partial charge in [-0.1, -0.05) is 0 Å². The molecule has 1 N–H and O–H groups in total. The van der Waals surface area contributed by atoms with E-state index in [1.54, 1.807) is 23.8 Å². The fraction of sp³-hybridized carbons (Fsp3) is 0.167. The van der Waals surface area contributed by atoms with Crippen LogP contribution in [0.4, 0.5) is 5.00 Å². The van der Waals surface area contributed by atoms with Crippen molar-refractivity contribution in [2.45, 2.75) is 12.8 Å². The van der Waals surface area contributed by atoms with E-state index in [-0.39, 0.29) is 5.91 Å². The first kappa shape index (κ1) is 11.4. The smallest absolute Gasteiger partial charge is 0.225 e. The molecule has 0 aliphatic heterocycles. The lowest BCUT2D eigenvalue weighted by Gasteiger charge is -2.01. The summed E-state index contributed by atoms with van der Waals surface area (Å²) < 4.78 is 5.13. The standard InChI is InChI=1S/C12H10N2O2S/c13-8-9-5-7-17-12(9)14-11(15)4-3-10-2-1-6-16-10/h1-2,5-7H,3-4H2,(H,14,15). The van der Waals surface area contributed by atoms with Crippen LogP contribution in [0, 0.1) is 11.3 Å². The number of carbonyl (C=O) groups excluding carboxylic acids is 1. The molecule has 4 nitrogen and oxygen atoms in total. The van der Waals surface area contributed by atoms with Crippen LogP contribution in [-0.2, 0) is 11.2 Å². The molecule has 2 heterocycles. The zero-order valence-corrected chi connectivity index (χ0v) is 9.79. The minimum atomic E-state index is -0.111. The number of nitrogens with zero attached hydrogens (tertiary/aromatic N) is 1. The van der Waals surface area contributed by atoms with E-state index in [0.29, 0.717) is 23.4 Å². The van der Waals surface area contributed by atoms with E-state index < -0.39 is 0 Å². The molecule has 1 amide bonds. The molecule has 0 radical (unpaired) electrons. The van der Waals surface area contributed by atoms with Crippen molar-refractivity contribution < 1.29 is 9.21 Å². The summed E-state index contributed by atoms with van der Waals surface area (Å²) in [6.07, 6.45) is 2.49. The molecule has 0 unspecified atom stereocenters. The Bertz CT molecular complexity index is 537. The molecule has 0 saturated heterocycles. The Hall–Kier alpha value is -2.06. The molecule has 0 aliphatic carbocycles. The van der Waals surface area contributed by atoms with Crippen LogP contribution >= 0.6 is 11.3 Å². The van der Waals surface area contributed by atoms with Crippen LogP contribution < -0.4 is 5.32 Å². The van der Waals surface area contributed by atoms with Crippen LogP contribution in [-0.4, -0.2) is 5.91 Å². The fourth-order valence-electron chi connectivity index (χ4n) is 1.37. The number of aryl methyl sites for hydroxylation is 1. The van der Waals surface area contributed by atoms with Gasteiger partial charge in [0.2, 0.25) is 5.91 Å². The first-order valence-electron chi connectivity index (χ1n) is 5.09. The third kappa shape index (κ3) is 2.95. The van der Waals surface area contributed by atoms with Crippen LogP contribution in [0.15, 0.2) is 34.3 Å². The van der Waals surface area contributed by atoms with E-state index in [4.69, 9.17) is 9.68 Å². The SMILES string of the molecule is N#Cc1ccsc1NC(=O)CCc1ccco1. The number of hydrogen-bond donors (Lipinski definition) is 1. The van der Waals surface area contributed by atoms with Crippen molar-refractivity contribution in [3.05, 3.63) is 41.2 Å². The van der Waals surface area contributed by atoms with Gasteiger partial charge in [0, 0.05) is 12.8 Å². The molecule has 0 atom stereocenters. The van der Waals surface area contributed by atoms with E-state index in [1.807, 2.05) is 12.1 Å². The molecule has 17 heavy (non-hydrogen) atoms. The van der Waals surface area contributed by atoms with Crippen LogP contribution in [0.2, 0.25) is 0 Å². The Morgan fingerprint density at radius 3 is 3.12 bits per heavy atom. The third-order valence-electron chi connectivity index (χ3n) is 2.22. The maximum absolute atomic E-state index is 11.6. The van der Waals surface area contributed by atoms with Gasteiger partial charge in [-0.3, -0.25) is 4.79 Å². The quantitative estimate of drug-likeness (QED) is 0.902. The molecular formula is C12H10N2O2S. The second-order valence-electron chi connectivity index (χ2n) is 3.40. The van der Waals surface area contributed by atoms with Gasteiger partial charge in [0.25, 0.3) is 0 Å². The molecule has 0 bridgehead atoms. The molecule has 0 spiro atoms. The van der Waals surface area contributed by atoms with E-state index in [1.165, 1.54) is 11.3 Å². The Balaban J connectivity index is 1.88. The van der Waals surface area contributed by atoms with Crippen molar-refractivity contribution in [3.63, 3.8) is 0 Å². The molecule has 5 heteroatoms. The van der Waals surface area contributed by atoms with Gasteiger partial charge in [-0.05, 0) is 23.6 Å². The summed E-state index contributed by atoms with van der Waals surface area (Å²) in [6, 6.07) is 7.34. The van der Waals surface area contributed by atoms with Gasteiger partial charge < -0.3 is 9.73 Å². The Morgan fingerprint density at radius 1 is 1.53 bits per heavy atom. The molecule has 0 saturated carbocycles. The molecule has 2 rings (SSSR count). The molecular weight excluding hydrogens is 236 g/mol. The average molecular weight is 246 g/mol. The normalized spacial score (nSPS) is 9.82. The minimum Gasteiger partial charge on any atom is -0.469 e. The van der Waals surface area contributed by atoms with Gasteiger partial charge in [-0.25, -0.2) is 0 Å². The van der Waals surface area contributed by atoms with Gasteiger partial charge in [-0.2, -0.15) is 5.26 Å². The fourth-order valence-corrected chi connectivity index (χ4v) is 2.13. The average Bonchev–Trinajstić information content (AvgIpc) is 2.97. The lowest BCUT2D eigenvalue weighted by Crippen LogP contribution is -2.11. The van der Waals surface area contributed by atoms with Crippen LogP contribution in [0.3, 0.4) is 0 Å². The number of rotatable bonds is 4. The number of thiophene rings is 1. The number of nitrogens with one attached hydrogen (secondary N) is 1. The predicted octanol–water partition coefficient (Wildman–Crippen LogP) is 2.78. The van der Waals surface area contributed by atoms with Gasteiger partial charge in [0.1, 0.15) is 16.8 Å². The number of hydrogen-bond acceptors (Lipinski definition) is 4. The van der Waals surface area contributed by atoms with Crippen molar-refractivity contribution in [3.8, 4) is 6.07 Å². The van der Waals surface area contributed by atoms with Crippen molar-refractivity contribution in [2.24, 2.45) is 0 Å². The summed E-state index contributed by atoms with van der Waals surface area (Å²) in [5, 5.41) is 13.9. The number of amides is 1. The monoisotopic (exact) mass is 246 g/mol. The van der Waals surface area contributed by atoms with Crippen molar-refractivity contribution in [1.82, 2.24) is 0 Å². The molecule has 0 aromatic carbocycles. The van der Waals surface area contributed by atoms with E-state index >= 15 is 0 Å². The third-order valence-corrected chi connectivity index (χ3v) is 3.05. The maximum Gasteiger partial charge on any atom is 0.225 e. The number of anilines is 1. The lowest BCUT2D eigenvalue weighted by molar-refractivity contribution is -0.116. The second-order valence-corrected chi connectivity index (χ2v) is 4.32. The Labute approximate surface area is 102 Å². The zero-order chi connectivity index (χ0) is 12.1. The maximum atomic E-state index is 11.6. The first-order chi connectivity index (χ1) is 8.29. The van der Waals surface area contributed by atoms with Crippen LogP contribution in [0.5, 0.6) is 0 Å². The van der Waals surface area contributed by atoms with Gasteiger partial charge >= 0.3 is 0 Å². The van der Waals surface area contributed by atoms with Crippen molar-refractivity contribution >= 4 is 22.2 Å². The zero-order valence-electron chi connectivity index (χ0n) is 8.97. The lowest BCUT2D eigenvalue weighted by atomic mass is 10.2. The summed E-state index contributed by atoms with van der Waals surface area (Å²) in [7, 11) is 0. The predicted molar refractivity (Wildman–Crippen MR) is 64.7 cm³/mol. The van der Waals surface area contributed by atoms with Gasteiger partial charge in [-0.15, -0.1) is 11.3 Å². The molecule has 0 fully saturated rings. The Kier molecular flexibility index (Phi) is 3.58. The summed E-state index contributed by atoms with van der Waals surface area (Å²) in [5.74, 6) is 0.673. The van der Waals surface area contributed by atoms with Crippen LogP contribution in [0.1, 0.15) is 17.7 Å². The second kappa shape index (κ2) is 5.32. The molecule has 2 aromatic rings. The number of carbonyl (C=O) groups is 1. The van der Waals surface area contributed by atoms with Crippen molar-refractivity contribution in [1.29, 1.82) is 5.26 Å². The summed E-state index contributed by atoms with van der Waals surface area (Å²) in [6.45, 7) is 0. The topological polar surface area (TPSA) is 66.0 Å². The molecule has 2 aromatic heterocycles. The number of nitriles is 1. The highest BCUT2D eigenvalue weighted by atomic mass is 32.1. The van der Waals surface area contributed by atoms with Gasteiger partial charge in [0.15, 0.2) is 0 Å². The first-order valence-corrected chi connectivity index (χ1v) is 5.97. The van der Waals surface area contributed by atoms with E-state index in [0.717, 1.165) is 5.76 Å². The summed E-state index contributed by atoms with van der Waals surface area (Å²) in [4.78, 5) is 11.6. The van der Waals surface area contributed by atoms with Gasteiger partial charge in [0.05, 0.1) is 11.8 Å². The summed E-state index contributed by atoms with van der Waals surface area (Å²) in [5.41, 5.74) is 0.501. The minimum absolute atomic E-state index is 0.111. The highest BCUT2D eigenvalue weighted by Crippen LogP contribution is 2.22. The highest BCUT2D eigenvalue weighted by molar-refractivity contribution is 7.14. The summed E-state index contributed by atoms with van der Waals surface area (Å²) >= 11 is 1.35. The molecule has 0 aliphatic rings. The Morgan fingerprint density at radius 2 is 2.41 bits per heavy atom. The largest absolute Gasteiger partial charge is 0.469 e. The number of furan rings is 1. The van der Waals surface area contributed by atoms with E-state index in [2.05, 4.69) is 5.32 Å². The molecule has 86 valence electrons. The van der Waals surface area contributed by atoms with Crippen molar-refractivity contribution in [2.75, 3.05) is 5.32 Å². The van der Waals surface area contributed by atoms with Crippen LogP contribution in [0.25, 0.3) is 0 Å². The van der Waals surface area contributed by atoms with E-state index in [9.17, 15) is 4.79 Å².